The summed E-state index contributed by atoms with van der Waals surface area (Å²) in [5.41, 5.74) is 0.702. The van der Waals surface area contributed by atoms with Crippen LogP contribution in [0, 0.1) is 0 Å². The highest BCUT2D eigenvalue weighted by atomic mass is 16.5. The van der Waals surface area contributed by atoms with E-state index in [1.54, 1.807) is 19.1 Å². The second-order valence-corrected chi connectivity index (χ2v) is 5.02. The number of esters is 1. The molecule has 0 heterocycles. The first kappa shape index (κ1) is 17.2. The number of ketones is 1. The molecule has 1 aromatic rings. The summed E-state index contributed by atoms with van der Waals surface area (Å²) in [6.07, 6.45) is 5.63. The molecule has 0 saturated heterocycles. The second kappa shape index (κ2) is 9.97. The molecule has 0 bridgehead atoms. The monoisotopic (exact) mass is 292 g/mol. The van der Waals surface area contributed by atoms with E-state index in [0.29, 0.717) is 18.6 Å². The number of methoxy groups -OCH3 is 1. The largest absolute Gasteiger partial charge is 0.494 e. The van der Waals surface area contributed by atoms with Gasteiger partial charge in [0.05, 0.1) is 13.7 Å². The summed E-state index contributed by atoms with van der Waals surface area (Å²) >= 11 is 0. The van der Waals surface area contributed by atoms with Crippen molar-refractivity contribution >= 4 is 11.8 Å². The van der Waals surface area contributed by atoms with Crippen LogP contribution in [0.25, 0.3) is 0 Å². The summed E-state index contributed by atoms with van der Waals surface area (Å²) in [6, 6.07) is 7.22. The molecule has 0 amide bonds. The maximum absolute atomic E-state index is 11.1. The van der Waals surface area contributed by atoms with Gasteiger partial charge in [0.2, 0.25) is 0 Å². The Morgan fingerprint density at radius 1 is 0.952 bits per heavy atom. The van der Waals surface area contributed by atoms with Crippen LogP contribution in [0.1, 0.15) is 55.8 Å². The van der Waals surface area contributed by atoms with Gasteiger partial charge in [0.1, 0.15) is 5.75 Å². The molecule has 4 heteroatoms. The lowest BCUT2D eigenvalue weighted by atomic mass is 10.1. The molecule has 0 N–H and O–H groups in total. The Hall–Kier alpha value is -1.84. The maximum atomic E-state index is 11.1. The zero-order chi connectivity index (χ0) is 15.5. The summed E-state index contributed by atoms with van der Waals surface area (Å²) in [5, 5.41) is 0. The van der Waals surface area contributed by atoms with Gasteiger partial charge in [-0.25, -0.2) is 0 Å². The van der Waals surface area contributed by atoms with Crippen LogP contribution >= 0.6 is 0 Å². The lowest BCUT2D eigenvalue weighted by Gasteiger charge is -2.06. The summed E-state index contributed by atoms with van der Waals surface area (Å²) in [6.45, 7) is 2.23. The minimum absolute atomic E-state index is 0.0634. The van der Waals surface area contributed by atoms with Gasteiger partial charge in [-0.3, -0.25) is 9.59 Å². The highest BCUT2D eigenvalue weighted by Gasteiger charge is 2.00. The Morgan fingerprint density at radius 3 is 2.19 bits per heavy atom. The molecule has 1 aromatic carbocycles. The standard InChI is InChI=1S/C17H24O4/c1-14(18)15-9-11-16(12-10-15)21-13-7-5-3-4-6-8-17(19)20-2/h9-12H,3-8,13H2,1-2H3. The molecule has 1 rings (SSSR count). The fraction of sp³-hybridized carbons (Fsp3) is 0.529. The van der Waals surface area contributed by atoms with Gasteiger partial charge in [0.15, 0.2) is 5.78 Å². The number of benzene rings is 1. The van der Waals surface area contributed by atoms with Gasteiger partial charge in [-0.2, -0.15) is 0 Å². The topological polar surface area (TPSA) is 52.6 Å². The molecule has 4 nitrogen and oxygen atoms in total. The summed E-state index contributed by atoms with van der Waals surface area (Å²) in [5.74, 6) is 0.728. The first-order valence-corrected chi connectivity index (χ1v) is 7.44. The molecule has 21 heavy (non-hydrogen) atoms. The van der Waals surface area contributed by atoms with Crippen molar-refractivity contribution in [3.63, 3.8) is 0 Å². The quantitative estimate of drug-likeness (QED) is 0.374. The fourth-order valence-corrected chi connectivity index (χ4v) is 1.98. The number of carbonyl (C=O) groups excluding carboxylic acids is 2. The van der Waals surface area contributed by atoms with Gasteiger partial charge < -0.3 is 9.47 Å². The van der Waals surface area contributed by atoms with Crippen molar-refractivity contribution in [3.8, 4) is 5.75 Å². The minimum atomic E-state index is -0.132. The van der Waals surface area contributed by atoms with E-state index in [0.717, 1.165) is 37.9 Å². The zero-order valence-electron chi connectivity index (χ0n) is 12.9. The average Bonchev–Trinajstić information content (AvgIpc) is 2.50. The molecular formula is C17H24O4. The van der Waals surface area contributed by atoms with E-state index in [1.165, 1.54) is 7.11 Å². The first-order chi connectivity index (χ1) is 10.1. The van der Waals surface area contributed by atoms with E-state index in [9.17, 15) is 9.59 Å². The second-order valence-electron chi connectivity index (χ2n) is 5.02. The third-order valence-electron chi connectivity index (χ3n) is 3.28. The molecule has 116 valence electrons. The summed E-state index contributed by atoms with van der Waals surface area (Å²) in [7, 11) is 1.42. The van der Waals surface area contributed by atoms with Crippen molar-refractivity contribution in [2.24, 2.45) is 0 Å². The van der Waals surface area contributed by atoms with Gasteiger partial charge in [-0.1, -0.05) is 19.3 Å². The molecule has 0 aliphatic heterocycles. The molecular weight excluding hydrogens is 268 g/mol. The Labute approximate surface area is 126 Å². The zero-order valence-corrected chi connectivity index (χ0v) is 12.9. The maximum Gasteiger partial charge on any atom is 0.305 e. The predicted octanol–water partition coefficient (Wildman–Crippen LogP) is 3.78. The van der Waals surface area contributed by atoms with E-state index in [1.807, 2.05) is 12.1 Å². The van der Waals surface area contributed by atoms with Crippen molar-refractivity contribution in [2.45, 2.75) is 45.4 Å². The van der Waals surface area contributed by atoms with Crippen molar-refractivity contribution in [2.75, 3.05) is 13.7 Å². The molecule has 0 radical (unpaired) electrons. The Kier molecular flexibility index (Phi) is 8.17. The van der Waals surface area contributed by atoms with Crippen molar-refractivity contribution < 1.29 is 19.1 Å². The molecule has 0 saturated carbocycles. The normalized spacial score (nSPS) is 10.2. The Balaban J connectivity index is 2.04. The molecule has 0 fully saturated rings. The predicted molar refractivity (Wildman–Crippen MR) is 81.7 cm³/mol. The van der Waals surface area contributed by atoms with Crippen LogP contribution in [0.3, 0.4) is 0 Å². The van der Waals surface area contributed by atoms with Crippen molar-refractivity contribution in [1.82, 2.24) is 0 Å². The molecule has 0 atom stereocenters. The fourth-order valence-electron chi connectivity index (χ4n) is 1.98. The number of hydrogen-bond donors (Lipinski definition) is 0. The van der Waals surface area contributed by atoms with Crippen LogP contribution < -0.4 is 4.74 Å². The number of rotatable bonds is 10. The average molecular weight is 292 g/mol. The van der Waals surface area contributed by atoms with E-state index in [-0.39, 0.29) is 11.8 Å². The van der Waals surface area contributed by atoms with Gasteiger partial charge in [-0.15, -0.1) is 0 Å². The SMILES string of the molecule is COC(=O)CCCCCCCOc1ccc(C(C)=O)cc1. The van der Waals surface area contributed by atoms with Crippen LogP contribution in [-0.2, 0) is 9.53 Å². The van der Waals surface area contributed by atoms with Gasteiger partial charge >= 0.3 is 5.97 Å². The van der Waals surface area contributed by atoms with Crippen LogP contribution in [0.4, 0.5) is 0 Å². The van der Waals surface area contributed by atoms with Gasteiger partial charge in [0.25, 0.3) is 0 Å². The highest BCUT2D eigenvalue weighted by Crippen LogP contribution is 2.13. The first-order valence-electron chi connectivity index (χ1n) is 7.44. The summed E-state index contributed by atoms with van der Waals surface area (Å²) < 4.78 is 10.2. The number of carbonyl (C=O) groups is 2. The minimum Gasteiger partial charge on any atom is -0.494 e. The third kappa shape index (κ3) is 7.49. The molecule has 0 aromatic heterocycles. The van der Waals surface area contributed by atoms with Crippen LogP contribution in [0.15, 0.2) is 24.3 Å². The number of unbranched alkanes of at least 4 members (excludes halogenated alkanes) is 4. The Bertz CT molecular complexity index is 437. The van der Waals surface area contributed by atoms with Crippen molar-refractivity contribution in [3.05, 3.63) is 29.8 Å². The van der Waals surface area contributed by atoms with Crippen LogP contribution in [-0.4, -0.2) is 25.5 Å². The van der Waals surface area contributed by atoms with Crippen molar-refractivity contribution in [1.29, 1.82) is 0 Å². The van der Waals surface area contributed by atoms with Crippen LogP contribution in [0.2, 0.25) is 0 Å². The molecule has 0 spiro atoms. The van der Waals surface area contributed by atoms with E-state index in [4.69, 9.17) is 4.74 Å². The molecule has 0 aliphatic carbocycles. The highest BCUT2D eigenvalue weighted by molar-refractivity contribution is 5.94. The summed E-state index contributed by atoms with van der Waals surface area (Å²) in [4.78, 5) is 22.0. The number of Topliss-reactive ketones (excluding diaryl/α,β-unsaturated/α-hetero) is 1. The van der Waals surface area contributed by atoms with E-state index in [2.05, 4.69) is 4.74 Å². The smallest absolute Gasteiger partial charge is 0.305 e. The lowest BCUT2D eigenvalue weighted by Crippen LogP contribution is -2.00. The number of ether oxygens (including phenoxy) is 2. The van der Waals surface area contributed by atoms with E-state index < -0.39 is 0 Å². The Morgan fingerprint density at radius 2 is 1.57 bits per heavy atom. The lowest BCUT2D eigenvalue weighted by molar-refractivity contribution is -0.140. The van der Waals surface area contributed by atoms with Crippen LogP contribution in [0.5, 0.6) is 5.75 Å². The number of hydrogen-bond acceptors (Lipinski definition) is 4. The van der Waals surface area contributed by atoms with Gasteiger partial charge in [0, 0.05) is 12.0 Å². The molecule has 0 unspecified atom stereocenters. The molecule has 0 aliphatic rings. The van der Waals surface area contributed by atoms with E-state index >= 15 is 0 Å². The third-order valence-corrected chi connectivity index (χ3v) is 3.28. The van der Waals surface area contributed by atoms with Gasteiger partial charge in [-0.05, 0) is 44.0 Å².